The molecule has 0 aromatic heterocycles. The minimum atomic E-state index is -1.13. The second-order valence-corrected chi connectivity index (χ2v) is 3.67. The van der Waals surface area contributed by atoms with E-state index >= 15 is 0 Å². The Balaban J connectivity index is 2.66. The molecule has 0 spiro atoms. The van der Waals surface area contributed by atoms with Crippen LogP contribution in [-0.4, -0.2) is 17.2 Å². The van der Waals surface area contributed by atoms with E-state index in [1.165, 1.54) is 0 Å². The molecule has 0 aromatic carbocycles. The van der Waals surface area contributed by atoms with Crippen molar-refractivity contribution in [2.24, 2.45) is 5.92 Å². The third kappa shape index (κ3) is 1.08. The average Bonchev–Trinajstić information content (AvgIpc) is 2.15. The zero-order chi connectivity index (χ0) is 7.78. The van der Waals surface area contributed by atoms with Crippen LogP contribution >= 0.6 is 0 Å². The van der Waals surface area contributed by atoms with Crippen LogP contribution < -0.4 is 0 Å². The van der Waals surface area contributed by atoms with Gasteiger partial charge in [0.1, 0.15) is 0 Å². The fourth-order valence-corrected chi connectivity index (χ4v) is 1.75. The number of rotatable bonds is 1. The molecular weight excluding hydrogens is 127 g/mol. The first kappa shape index (κ1) is 8.09. The summed E-state index contributed by atoms with van der Waals surface area (Å²) < 4.78 is 0. The van der Waals surface area contributed by atoms with E-state index in [1.807, 2.05) is 6.92 Å². The van der Waals surface area contributed by atoms with Crippen LogP contribution in [0.3, 0.4) is 0 Å². The van der Waals surface area contributed by atoms with Gasteiger partial charge in [-0.15, -0.1) is 0 Å². The molecule has 0 heterocycles. The highest BCUT2D eigenvalue weighted by atomic mass is 16.4. The first-order chi connectivity index (χ1) is 4.57. The molecule has 1 saturated carbocycles. The van der Waals surface area contributed by atoms with E-state index in [2.05, 4.69) is 6.92 Å². The zero-order valence-corrected chi connectivity index (χ0v) is 6.67. The smallest absolute Gasteiger partial charge is 0.427 e. The Morgan fingerprint density at radius 1 is 1.50 bits per heavy atom. The Kier molecular flexibility index (Phi) is 2.06. The van der Waals surface area contributed by atoms with Gasteiger partial charge in [0.05, 0.1) is 0 Å². The maximum absolute atomic E-state index is 9.04. The van der Waals surface area contributed by atoms with Gasteiger partial charge in [0, 0.05) is 5.31 Å². The summed E-state index contributed by atoms with van der Waals surface area (Å²) in [7, 11) is -1.13. The molecule has 1 aliphatic rings. The molecule has 3 heteroatoms. The Morgan fingerprint density at radius 2 is 2.10 bits per heavy atom. The molecule has 1 fully saturated rings. The first-order valence-corrected chi connectivity index (χ1v) is 3.93. The Hall–Kier alpha value is -0.0151. The molecule has 2 nitrogen and oxygen atoms in total. The maximum atomic E-state index is 9.04. The molecule has 2 N–H and O–H groups in total. The molecular formula is C7H15BO2. The highest BCUT2D eigenvalue weighted by Crippen LogP contribution is 2.49. The van der Waals surface area contributed by atoms with Gasteiger partial charge in [-0.1, -0.05) is 26.7 Å². The van der Waals surface area contributed by atoms with Crippen LogP contribution in [0, 0.1) is 5.92 Å². The predicted octanol–water partition coefficient (Wildman–Crippen LogP) is 1.04. The van der Waals surface area contributed by atoms with Crippen molar-refractivity contribution < 1.29 is 10.0 Å². The SMILES string of the molecule is CC1CCCC1(C)B(O)O. The number of hydrogen-bond donors (Lipinski definition) is 2. The topological polar surface area (TPSA) is 40.5 Å². The van der Waals surface area contributed by atoms with Crippen molar-refractivity contribution >= 4 is 7.12 Å². The molecule has 0 saturated heterocycles. The normalized spacial score (nSPS) is 40.2. The molecule has 0 amide bonds. The lowest BCUT2D eigenvalue weighted by atomic mass is 9.54. The third-order valence-electron chi connectivity index (χ3n) is 3.07. The minimum absolute atomic E-state index is 0.236. The van der Waals surface area contributed by atoms with E-state index in [-0.39, 0.29) is 5.31 Å². The molecule has 2 unspecified atom stereocenters. The first-order valence-electron chi connectivity index (χ1n) is 3.93. The van der Waals surface area contributed by atoms with Crippen molar-refractivity contribution in [3.8, 4) is 0 Å². The second kappa shape index (κ2) is 2.55. The van der Waals surface area contributed by atoms with Crippen LogP contribution in [0.1, 0.15) is 33.1 Å². The maximum Gasteiger partial charge on any atom is 0.458 e. The molecule has 1 aliphatic carbocycles. The summed E-state index contributed by atoms with van der Waals surface area (Å²) in [6, 6.07) is 0. The van der Waals surface area contributed by atoms with E-state index in [0.717, 1.165) is 19.3 Å². The van der Waals surface area contributed by atoms with Crippen molar-refractivity contribution in [2.75, 3.05) is 0 Å². The van der Waals surface area contributed by atoms with Crippen molar-refractivity contribution in [3.05, 3.63) is 0 Å². The van der Waals surface area contributed by atoms with Crippen molar-refractivity contribution in [3.63, 3.8) is 0 Å². The van der Waals surface area contributed by atoms with Crippen molar-refractivity contribution in [1.29, 1.82) is 0 Å². The van der Waals surface area contributed by atoms with E-state index in [0.29, 0.717) is 5.92 Å². The van der Waals surface area contributed by atoms with Crippen LogP contribution in [-0.2, 0) is 0 Å². The van der Waals surface area contributed by atoms with E-state index in [4.69, 9.17) is 10.0 Å². The Labute approximate surface area is 62.4 Å². The van der Waals surface area contributed by atoms with Crippen LogP contribution in [0.5, 0.6) is 0 Å². The molecule has 0 radical (unpaired) electrons. The van der Waals surface area contributed by atoms with Gasteiger partial charge in [-0.25, -0.2) is 0 Å². The van der Waals surface area contributed by atoms with Crippen molar-refractivity contribution in [2.45, 2.75) is 38.4 Å². The van der Waals surface area contributed by atoms with E-state index in [9.17, 15) is 0 Å². The van der Waals surface area contributed by atoms with Gasteiger partial charge in [0.15, 0.2) is 0 Å². The molecule has 0 aliphatic heterocycles. The standard InChI is InChI=1S/C7H15BO2/c1-6-4-3-5-7(6,2)8(9)10/h6,9-10H,3-5H2,1-2H3. The highest BCUT2D eigenvalue weighted by Gasteiger charge is 2.44. The lowest BCUT2D eigenvalue weighted by Gasteiger charge is -2.27. The predicted molar refractivity (Wildman–Crippen MR) is 41.6 cm³/mol. The zero-order valence-electron chi connectivity index (χ0n) is 6.67. The fraction of sp³-hybridized carbons (Fsp3) is 1.00. The summed E-state index contributed by atoms with van der Waals surface area (Å²) in [4.78, 5) is 0. The van der Waals surface area contributed by atoms with Crippen LogP contribution in [0.2, 0.25) is 5.31 Å². The van der Waals surface area contributed by atoms with Gasteiger partial charge < -0.3 is 10.0 Å². The summed E-state index contributed by atoms with van der Waals surface area (Å²) >= 11 is 0. The highest BCUT2D eigenvalue weighted by molar-refractivity contribution is 6.45. The summed E-state index contributed by atoms with van der Waals surface area (Å²) in [5.74, 6) is 0.451. The summed E-state index contributed by atoms with van der Waals surface area (Å²) in [6.45, 7) is 4.04. The Morgan fingerprint density at radius 3 is 2.30 bits per heavy atom. The van der Waals surface area contributed by atoms with Crippen molar-refractivity contribution in [1.82, 2.24) is 0 Å². The van der Waals surface area contributed by atoms with Gasteiger partial charge in [-0.2, -0.15) is 0 Å². The lowest BCUT2D eigenvalue weighted by molar-refractivity contribution is 0.310. The molecule has 0 aromatic rings. The Bertz CT molecular complexity index is 127. The average molecular weight is 142 g/mol. The van der Waals surface area contributed by atoms with Gasteiger partial charge in [0.25, 0.3) is 0 Å². The monoisotopic (exact) mass is 142 g/mol. The third-order valence-corrected chi connectivity index (χ3v) is 3.07. The summed E-state index contributed by atoms with van der Waals surface area (Å²) in [6.07, 6.45) is 3.22. The van der Waals surface area contributed by atoms with Gasteiger partial charge >= 0.3 is 7.12 Å². The second-order valence-electron chi connectivity index (χ2n) is 3.67. The van der Waals surface area contributed by atoms with Crippen LogP contribution in [0.4, 0.5) is 0 Å². The largest absolute Gasteiger partial charge is 0.458 e. The summed E-state index contributed by atoms with van der Waals surface area (Å²) in [5, 5.41) is 17.8. The number of hydrogen-bond acceptors (Lipinski definition) is 2. The summed E-state index contributed by atoms with van der Waals surface area (Å²) in [5.41, 5.74) is 0. The lowest BCUT2D eigenvalue weighted by Crippen LogP contribution is -2.32. The van der Waals surface area contributed by atoms with Gasteiger partial charge in [-0.05, 0) is 12.3 Å². The van der Waals surface area contributed by atoms with Crippen LogP contribution in [0.15, 0.2) is 0 Å². The molecule has 58 valence electrons. The molecule has 0 bridgehead atoms. The van der Waals surface area contributed by atoms with Gasteiger partial charge in [-0.3, -0.25) is 0 Å². The van der Waals surface area contributed by atoms with Crippen LogP contribution in [0.25, 0.3) is 0 Å². The molecule has 1 rings (SSSR count). The van der Waals surface area contributed by atoms with E-state index in [1.54, 1.807) is 0 Å². The molecule has 2 atom stereocenters. The fourth-order valence-electron chi connectivity index (χ4n) is 1.75. The molecule has 10 heavy (non-hydrogen) atoms. The van der Waals surface area contributed by atoms with E-state index < -0.39 is 7.12 Å². The quantitative estimate of drug-likeness (QED) is 0.537. The minimum Gasteiger partial charge on any atom is -0.427 e. The van der Waals surface area contributed by atoms with Gasteiger partial charge in [0.2, 0.25) is 0 Å².